The maximum absolute atomic E-state index is 11.4. The van der Waals surface area contributed by atoms with E-state index in [1.54, 1.807) is 20.8 Å². The van der Waals surface area contributed by atoms with Crippen LogP contribution in [0.5, 0.6) is 0 Å². The molecule has 0 saturated heterocycles. The van der Waals surface area contributed by atoms with Gasteiger partial charge in [-0.3, -0.25) is 0 Å². The van der Waals surface area contributed by atoms with E-state index in [2.05, 4.69) is 42.4 Å². The van der Waals surface area contributed by atoms with Crippen molar-refractivity contribution in [2.24, 2.45) is 5.10 Å². The molecule has 0 atom stereocenters. The highest BCUT2D eigenvalue weighted by molar-refractivity contribution is 9.11. The van der Waals surface area contributed by atoms with E-state index in [-0.39, 0.29) is 0 Å². The van der Waals surface area contributed by atoms with Crippen LogP contribution in [-0.4, -0.2) is 17.4 Å². The number of hydrogen-bond donors (Lipinski definition) is 1. The van der Waals surface area contributed by atoms with E-state index >= 15 is 0 Å². The molecule has 0 aliphatic heterocycles. The van der Waals surface area contributed by atoms with Crippen molar-refractivity contribution in [1.82, 2.24) is 5.43 Å². The van der Waals surface area contributed by atoms with Crippen LogP contribution in [0.4, 0.5) is 4.79 Å². The Labute approximate surface area is 127 Å². The molecule has 0 unspecified atom stereocenters. The predicted octanol–water partition coefficient (Wildman–Crippen LogP) is 4.52. The molecular weight excluding hydrogens is 384 g/mol. The molecule has 0 aliphatic carbocycles. The first kappa shape index (κ1) is 15.7. The predicted molar refractivity (Wildman–Crippen MR) is 81.3 cm³/mol. The fraction of sp³-hybridized carbons (Fsp3) is 0.455. The van der Waals surface area contributed by atoms with Crippen molar-refractivity contribution in [3.05, 3.63) is 19.2 Å². The van der Waals surface area contributed by atoms with Crippen molar-refractivity contribution in [2.45, 2.75) is 33.3 Å². The molecular formula is C11H14Br2N2O2S. The van der Waals surface area contributed by atoms with Gasteiger partial charge in [-0.25, -0.2) is 10.2 Å². The lowest BCUT2D eigenvalue weighted by molar-refractivity contribution is 0.0529. The van der Waals surface area contributed by atoms with E-state index in [1.165, 1.54) is 11.3 Å². The summed E-state index contributed by atoms with van der Waals surface area (Å²) in [4.78, 5) is 12.4. The second-order valence-electron chi connectivity index (χ2n) is 4.54. The van der Waals surface area contributed by atoms with E-state index in [0.717, 1.165) is 13.1 Å². The first-order valence-electron chi connectivity index (χ1n) is 5.17. The Bertz CT molecular complexity index is 478. The van der Waals surface area contributed by atoms with Crippen LogP contribution >= 0.6 is 43.2 Å². The van der Waals surface area contributed by atoms with Crippen LogP contribution in [-0.2, 0) is 4.74 Å². The van der Waals surface area contributed by atoms with Crippen molar-refractivity contribution >= 4 is 55.0 Å². The lowest BCUT2D eigenvalue weighted by Crippen LogP contribution is -2.30. The van der Waals surface area contributed by atoms with Gasteiger partial charge >= 0.3 is 6.09 Å². The number of halogens is 2. The van der Waals surface area contributed by atoms with Crippen molar-refractivity contribution in [1.29, 1.82) is 0 Å². The number of hydrogen-bond acceptors (Lipinski definition) is 4. The summed E-state index contributed by atoms with van der Waals surface area (Å²) >= 11 is 8.36. The Balaban J connectivity index is 2.68. The average Bonchev–Trinajstić information content (AvgIpc) is 2.52. The summed E-state index contributed by atoms with van der Waals surface area (Å²) in [7, 11) is 0. The SMILES string of the molecule is C/C(=N/NC(=O)OC(C)(C)C)c1sc(Br)cc1Br. The number of carbonyl (C=O) groups excluding carboxylic acids is 1. The molecule has 100 valence electrons. The summed E-state index contributed by atoms with van der Waals surface area (Å²) in [6, 6.07) is 1.94. The highest BCUT2D eigenvalue weighted by Crippen LogP contribution is 2.31. The summed E-state index contributed by atoms with van der Waals surface area (Å²) in [5.74, 6) is 0. The zero-order chi connectivity index (χ0) is 13.9. The van der Waals surface area contributed by atoms with Crippen LogP contribution in [0.1, 0.15) is 32.6 Å². The molecule has 0 fully saturated rings. The summed E-state index contributed by atoms with van der Waals surface area (Å²) in [6.07, 6.45) is -0.561. The van der Waals surface area contributed by atoms with Crippen LogP contribution in [0.3, 0.4) is 0 Å². The molecule has 1 rings (SSSR count). The zero-order valence-electron chi connectivity index (χ0n) is 10.5. The molecule has 0 aromatic carbocycles. The minimum absolute atomic E-state index is 0.528. The third kappa shape index (κ3) is 5.07. The molecule has 0 aliphatic rings. The number of thiophene rings is 1. The number of hydrazone groups is 1. The maximum atomic E-state index is 11.4. The topological polar surface area (TPSA) is 50.7 Å². The molecule has 7 heteroatoms. The first-order valence-corrected chi connectivity index (χ1v) is 7.58. The van der Waals surface area contributed by atoms with Crippen LogP contribution in [0.15, 0.2) is 19.4 Å². The number of amides is 1. The fourth-order valence-electron chi connectivity index (χ4n) is 1.07. The van der Waals surface area contributed by atoms with Crippen molar-refractivity contribution in [3.63, 3.8) is 0 Å². The molecule has 0 saturated carbocycles. The van der Waals surface area contributed by atoms with Crippen LogP contribution < -0.4 is 5.43 Å². The Morgan fingerprint density at radius 2 is 2.06 bits per heavy atom. The van der Waals surface area contributed by atoms with E-state index in [1.807, 2.05) is 13.0 Å². The van der Waals surface area contributed by atoms with Crippen LogP contribution in [0, 0.1) is 0 Å². The average molecular weight is 398 g/mol. The summed E-state index contributed by atoms with van der Waals surface area (Å²) in [5.41, 5.74) is 2.56. The van der Waals surface area contributed by atoms with E-state index < -0.39 is 11.7 Å². The van der Waals surface area contributed by atoms with E-state index in [4.69, 9.17) is 4.74 Å². The largest absolute Gasteiger partial charge is 0.443 e. The standard InChI is InChI=1S/C11H14Br2N2O2S/c1-6(9-7(12)5-8(13)18-9)14-15-10(16)17-11(2,3)4/h5H,1-4H3,(H,15,16)/b14-6-. The van der Waals surface area contributed by atoms with Crippen molar-refractivity contribution in [2.75, 3.05) is 0 Å². The second-order valence-corrected chi connectivity index (χ2v) is 7.82. The number of nitrogens with one attached hydrogen (secondary N) is 1. The van der Waals surface area contributed by atoms with Gasteiger partial charge in [0.2, 0.25) is 0 Å². The second kappa shape index (κ2) is 6.16. The van der Waals surface area contributed by atoms with Gasteiger partial charge in [0.1, 0.15) is 5.60 Å². The van der Waals surface area contributed by atoms with Gasteiger partial charge in [0.15, 0.2) is 0 Å². The fourth-order valence-corrected chi connectivity index (χ4v) is 3.72. The molecule has 1 N–H and O–H groups in total. The minimum atomic E-state index is -0.561. The normalized spacial score (nSPS) is 12.4. The molecule has 4 nitrogen and oxygen atoms in total. The third-order valence-corrected chi connectivity index (χ3v) is 4.33. The highest BCUT2D eigenvalue weighted by Gasteiger charge is 2.16. The van der Waals surface area contributed by atoms with Crippen LogP contribution in [0.2, 0.25) is 0 Å². The molecule has 1 heterocycles. The monoisotopic (exact) mass is 396 g/mol. The zero-order valence-corrected chi connectivity index (χ0v) is 14.5. The Kier molecular flexibility index (Phi) is 5.36. The van der Waals surface area contributed by atoms with Gasteiger partial charge in [-0.2, -0.15) is 5.10 Å². The van der Waals surface area contributed by atoms with Crippen LogP contribution in [0.25, 0.3) is 0 Å². The molecule has 1 amide bonds. The number of nitrogens with zero attached hydrogens (tertiary/aromatic N) is 1. The molecule has 0 spiro atoms. The third-order valence-electron chi connectivity index (χ3n) is 1.70. The summed E-state index contributed by atoms with van der Waals surface area (Å²) in [6.45, 7) is 7.22. The lowest BCUT2D eigenvalue weighted by atomic mass is 10.2. The van der Waals surface area contributed by atoms with Crippen molar-refractivity contribution in [3.8, 4) is 0 Å². The molecule has 18 heavy (non-hydrogen) atoms. The van der Waals surface area contributed by atoms with Gasteiger partial charge in [0, 0.05) is 4.47 Å². The van der Waals surface area contributed by atoms with Gasteiger partial charge in [-0.05, 0) is 65.6 Å². The molecule has 0 radical (unpaired) electrons. The van der Waals surface area contributed by atoms with E-state index in [0.29, 0.717) is 5.71 Å². The van der Waals surface area contributed by atoms with Gasteiger partial charge in [-0.15, -0.1) is 11.3 Å². The Morgan fingerprint density at radius 3 is 2.50 bits per heavy atom. The van der Waals surface area contributed by atoms with Gasteiger partial charge in [-0.1, -0.05) is 0 Å². The number of carbonyl (C=O) groups is 1. The van der Waals surface area contributed by atoms with Crippen molar-refractivity contribution < 1.29 is 9.53 Å². The number of rotatable bonds is 2. The Morgan fingerprint density at radius 1 is 1.44 bits per heavy atom. The molecule has 0 bridgehead atoms. The van der Waals surface area contributed by atoms with Gasteiger partial charge in [0.25, 0.3) is 0 Å². The summed E-state index contributed by atoms with van der Waals surface area (Å²) < 4.78 is 7.02. The maximum Gasteiger partial charge on any atom is 0.428 e. The quantitative estimate of drug-likeness (QED) is 0.589. The number of ether oxygens (including phenoxy) is 1. The Hall–Kier alpha value is -0.400. The van der Waals surface area contributed by atoms with E-state index in [9.17, 15) is 4.79 Å². The lowest BCUT2D eigenvalue weighted by Gasteiger charge is -2.18. The van der Waals surface area contributed by atoms with Gasteiger partial charge < -0.3 is 4.74 Å². The minimum Gasteiger partial charge on any atom is -0.443 e. The molecule has 1 aromatic heterocycles. The first-order chi connectivity index (χ1) is 8.19. The molecule has 1 aromatic rings. The van der Waals surface area contributed by atoms with Gasteiger partial charge in [0.05, 0.1) is 14.4 Å². The highest BCUT2D eigenvalue weighted by atomic mass is 79.9. The smallest absolute Gasteiger partial charge is 0.428 e. The summed E-state index contributed by atoms with van der Waals surface area (Å²) in [5, 5.41) is 4.00.